The molecule has 0 unspecified atom stereocenters. The van der Waals surface area contributed by atoms with E-state index >= 15 is 0 Å². The molecule has 0 heterocycles. The van der Waals surface area contributed by atoms with Crippen molar-refractivity contribution >= 4 is 17.3 Å². The molecular weight excluding hydrogens is 259 g/mol. The van der Waals surface area contributed by atoms with E-state index in [4.69, 9.17) is 10.5 Å². The number of nitrogens with two attached hydrogens (primary N) is 1. The van der Waals surface area contributed by atoms with E-state index in [9.17, 15) is 9.18 Å². The first-order valence-electron chi connectivity index (χ1n) is 6.06. The van der Waals surface area contributed by atoms with Crippen LogP contribution in [0, 0.1) is 5.82 Å². The lowest BCUT2D eigenvalue weighted by Gasteiger charge is -2.11. The van der Waals surface area contributed by atoms with Crippen LogP contribution >= 0.6 is 0 Å². The fourth-order valence-electron chi connectivity index (χ4n) is 1.85. The molecule has 0 saturated carbocycles. The van der Waals surface area contributed by atoms with Crippen LogP contribution in [0.3, 0.4) is 0 Å². The van der Waals surface area contributed by atoms with Gasteiger partial charge in [-0.2, -0.15) is 0 Å². The van der Waals surface area contributed by atoms with Gasteiger partial charge in [0.15, 0.2) is 0 Å². The largest absolute Gasteiger partial charge is 0.495 e. The number of nitrogen functional groups attached to an aromatic ring is 1. The third-order valence-electron chi connectivity index (χ3n) is 2.75. The molecule has 0 saturated heterocycles. The van der Waals surface area contributed by atoms with Crippen molar-refractivity contribution in [2.75, 3.05) is 18.2 Å². The Morgan fingerprint density at radius 3 is 2.80 bits per heavy atom. The third kappa shape index (κ3) is 3.47. The number of hydrogen-bond acceptors (Lipinski definition) is 3. The molecule has 5 heteroatoms. The summed E-state index contributed by atoms with van der Waals surface area (Å²) in [6, 6.07) is 10.9. The maximum Gasteiger partial charge on any atom is 0.228 e. The Kier molecular flexibility index (Phi) is 4.20. The van der Waals surface area contributed by atoms with Crippen molar-refractivity contribution < 1.29 is 13.9 Å². The van der Waals surface area contributed by atoms with E-state index in [2.05, 4.69) is 5.32 Å². The number of amides is 1. The zero-order chi connectivity index (χ0) is 14.5. The van der Waals surface area contributed by atoms with Gasteiger partial charge in [0.05, 0.1) is 19.2 Å². The van der Waals surface area contributed by atoms with Crippen molar-refractivity contribution in [1.82, 2.24) is 0 Å². The molecule has 0 aliphatic carbocycles. The number of rotatable bonds is 4. The van der Waals surface area contributed by atoms with E-state index in [0.29, 0.717) is 22.7 Å². The van der Waals surface area contributed by atoms with Crippen LogP contribution in [0.5, 0.6) is 5.75 Å². The third-order valence-corrected chi connectivity index (χ3v) is 2.75. The van der Waals surface area contributed by atoms with Crippen LogP contribution in [0.4, 0.5) is 15.8 Å². The Balaban J connectivity index is 2.10. The van der Waals surface area contributed by atoms with Crippen LogP contribution in [0.25, 0.3) is 0 Å². The van der Waals surface area contributed by atoms with E-state index in [0.717, 1.165) is 0 Å². The van der Waals surface area contributed by atoms with Gasteiger partial charge in [0, 0.05) is 5.69 Å². The highest BCUT2D eigenvalue weighted by molar-refractivity contribution is 5.94. The average molecular weight is 274 g/mol. The van der Waals surface area contributed by atoms with Crippen molar-refractivity contribution in [2.45, 2.75) is 6.42 Å². The highest BCUT2D eigenvalue weighted by Crippen LogP contribution is 2.26. The first kappa shape index (κ1) is 13.9. The maximum atomic E-state index is 13.0. The molecule has 0 atom stereocenters. The number of carbonyl (C=O) groups excluding carboxylic acids is 1. The van der Waals surface area contributed by atoms with Gasteiger partial charge < -0.3 is 15.8 Å². The number of nitrogens with one attached hydrogen (secondary N) is 1. The summed E-state index contributed by atoms with van der Waals surface area (Å²) in [6.45, 7) is 0. The number of carbonyl (C=O) groups is 1. The summed E-state index contributed by atoms with van der Waals surface area (Å²) in [5, 5.41) is 2.70. The van der Waals surface area contributed by atoms with Crippen LogP contribution < -0.4 is 15.8 Å². The minimum absolute atomic E-state index is 0.0791. The van der Waals surface area contributed by atoms with Gasteiger partial charge in [-0.15, -0.1) is 0 Å². The van der Waals surface area contributed by atoms with E-state index in [1.54, 1.807) is 30.3 Å². The molecule has 0 fully saturated rings. The van der Waals surface area contributed by atoms with Gasteiger partial charge in [0.2, 0.25) is 5.91 Å². The predicted molar refractivity (Wildman–Crippen MR) is 76.1 cm³/mol. The number of benzene rings is 2. The molecule has 20 heavy (non-hydrogen) atoms. The van der Waals surface area contributed by atoms with Gasteiger partial charge in [0.1, 0.15) is 11.6 Å². The Labute approximate surface area is 116 Å². The summed E-state index contributed by atoms with van der Waals surface area (Å²) in [4.78, 5) is 11.9. The minimum Gasteiger partial charge on any atom is -0.495 e. The molecule has 4 nitrogen and oxygen atoms in total. The van der Waals surface area contributed by atoms with Crippen molar-refractivity contribution in [3.8, 4) is 5.75 Å². The molecule has 0 radical (unpaired) electrons. The normalized spacial score (nSPS) is 10.1. The van der Waals surface area contributed by atoms with Gasteiger partial charge in [-0.3, -0.25) is 4.79 Å². The van der Waals surface area contributed by atoms with Crippen molar-refractivity contribution in [2.24, 2.45) is 0 Å². The SMILES string of the molecule is COc1ccc(N)cc1NC(=O)Cc1cccc(F)c1. The van der Waals surface area contributed by atoms with Gasteiger partial charge in [-0.25, -0.2) is 4.39 Å². The summed E-state index contributed by atoms with van der Waals surface area (Å²) in [6.07, 6.45) is 0.0791. The highest BCUT2D eigenvalue weighted by Gasteiger charge is 2.09. The number of ether oxygens (including phenoxy) is 1. The summed E-state index contributed by atoms with van der Waals surface area (Å²) >= 11 is 0. The van der Waals surface area contributed by atoms with Crippen LogP contribution in [0.1, 0.15) is 5.56 Å². The first-order valence-corrected chi connectivity index (χ1v) is 6.06. The fraction of sp³-hybridized carbons (Fsp3) is 0.133. The molecule has 2 rings (SSSR count). The summed E-state index contributed by atoms with van der Waals surface area (Å²) in [7, 11) is 1.51. The topological polar surface area (TPSA) is 64.3 Å². The second kappa shape index (κ2) is 6.06. The lowest BCUT2D eigenvalue weighted by Crippen LogP contribution is -2.15. The van der Waals surface area contributed by atoms with E-state index in [1.165, 1.54) is 19.2 Å². The Bertz CT molecular complexity index is 629. The zero-order valence-corrected chi connectivity index (χ0v) is 11.0. The number of hydrogen-bond donors (Lipinski definition) is 2. The van der Waals surface area contributed by atoms with Crippen molar-refractivity contribution in [1.29, 1.82) is 0 Å². The number of anilines is 2. The molecule has 3 N–H and O–H groups in total. The molecule has 0 aliphatic rings. The second-order valence-electron chi connectivity index (χ2n) is 4.31. The molecule has 0 aromatic heterocycles. The summed E-state index contributed by atoms with van der Waals surface area (Å²) in [5.41, 5.74) is 7.29. The zero-order valence-electron chi connectivity index (χ0n) is 11.0. The van der Waals surface area contributed by atoms with Crippen molar-refractivity contribution in [3.05, 3.63) is 53.8 Å². The van der Waals surface area contributed by atoms with Gasteiger partial charge in [-0.1, -0.05) is 12.1 Å². The van der Waals surface area contributed by atoms with E-state index in [-0.39, 0.29) is 18.1 Å². The van der Waals surface area contributed by atoms with E-state index < -0.39 is 0 Å². The number of methoxy groups -OCH3 is 1. The number of halogens is 1. The van der Waals surface area contributed by atoms with Gasteiger partial charge in [-0.05, 0) is 35.9 Å². The van der Waals surface area contributed by atoms with Gasteiger partial charge >= 0.3 is 0 Å². The van der Waals surface area contributed by atoms with Crippen LogP contribution in [0.15, 0.2) is 42.5 Å². The summed E-state index contributed by atoms with van der Waals surface area (Å²) in [5.74, 6) is -0.108. The second-order valence-corrected chi connectivity index (χ2v) is 4.31. The molecule has 2 aromatic rings. The molecule has 104 valence electrons. The fourth-order valence-corrected chi connectivity index (χ4v) is 1.85. The standard InChI is InChI=1S/C15H15FN2O2/c1-20-14-6-5-12(17)9-13(14)18-15(19)8-10-3-2-4-11(16)7-10/h2-7,9H,8,17H2,1H3,(H,18,19). The van der Waals surface area contributed by atoms with Crippen molar-refractivity contribution in [3.63, 3.8) is 0 Å². The molecular formula is C15H15FN2O2. The lowest BCUT2D eigenvalue weighted by atomic mass is 10.1. The van der Waals surface area contributed by atoms with Crippen LogP contribution in [-0.2, 0) is 11.2 Å². The van der Waals surface area contributed by atoms with E-state index in [1.807, 2.05) is 0 Å². The smallest absolute Gasteiger partial charge is 0.228 e. The Morgan fingerprint density at radius 1 is 1.30 bits per heavy atom. The molecule has 0 bridgehead atoms. The van der Waals surface area contributed by atoms with Crippen LogP contribution in [-0.4, -0.2) is 13.0 Å². The average Bonchev–Trinajstić information content (AvgIpc) is 2.38. The minimum atomic E-state index is -0.364. The van der Waals surface area contributed by atoms with Gasteiger partial charge in [0.25, 0.3) is 0 Å². The molecule has 0 aliphatic heterocycles. The molecule has 1 amide bonds. The highest BCUT2D eigenvalue weighted by atomic mass is 19.1. The Hall–Kier alpha value is -2.56. The molecule has 0 spiro atoms. The predicted octanol–water partition coefficient (Wildman–Crippen LogP) is 2.60. The van der Waals surface area contributed by atoms with Crippen LogP contribution in [0.2, 0.25) is 0 Å². The maximum absolute atomic E-state index is 13.0. The Morgan fingerprint density at radius 2 is 2.10 bits per heavy atom. The quantitative estimate of drug-likeness (QED) is 0.842. The monoisotopic (exact) mass is 274 g/mol. The lowest BCUT2D eigenvalue weighted by molar-refractivity contribution is -0.115. The summed E-state index contributed by atoms with van der Waals surface area (Å²) < 4.78 is 18.2. The first-order chi connectivity index (χ1) is 9.58. The molecule has 2 aromatic carbocycles.